The summed E-state index contributed by atoms with van der Waals surface area (Å²) < 4.78 is 11.2. The molecule has 3 rings (SSSR count). The molecule has 2 fully saturated rings. The van der Waals surface area contributed by atoms with Crippen LogP contribution in [0.5, 0.6) is 0 Å². The Morgan fingerprint density at radius 3 is 2.92 bits per heavy atom. The number of thiophene rings is 1. The highest BCUT2D eigenvalue weighted by atomic mass is 32.1. The van der Waals surface area contributed by atoms with Gasteiger partial charge in [-0.3, -0.25) is 0 Å². The lowest BCUT2D eigenvalue weighted by Crippen LogP contribution is -2.49. The van der Waals surface area contributed by atoms with E-state index in [4.69, 9.17) is 9.47 Å². The number of urea groups is 1. The van der Waals surface area contributed by atoms with Crippen molar-refractivity contribution in [1.82, 2.24) is 15.1 Å². The first kappa shape index (κ1) is 17.7. The number of carbonyl (C=O) groups is 1. The molecule has 0 bridgehead atoms. The fourth-order valence-electron chi connectivity index (χ4n) is 3.38. The number of rotatable bonds is 5. The third kappa shape index (κ3) is 4.27. The van der Waals surface area contributed by atoms with E-state index in [1.165, 1.54) is 4.88 Å². The molecule has 1 aromatic heterocycles. The van der Waals surface area contributed by atoms with Crippen LogP contribution in [-0.2, 0) is 9.47 Å². The second-order valence-corrected chi connectivity index (χ2v) is 7.62. The van der Waals surface area contributed by atoms with Gasteiger partial charge < -0.3 is 24.6 Å². The van der Waals surface area contributed by atoms with Gasteiger partial charge in [-0.05, 0) is 38.4 Å². The molecule has 2 saturated heterocycles. The van der Waals surface area contributed by atoms with Gasteiger partial charge in [0.05, 0.1) is 19.3 Å². The highest BCUT2D eigenvalue weighted by Crippen LogP contribution is 2.25. The number of likely N-dealkylation sites (tertiary alicyclic amines) is 1. The van der Waals surface area contributed by atoms with E-state index in [-0.39, 0.29) is 24.3 Å². The number of amides is 2. The largest absolute Gasteiger partial charge is 0.350 e. The van der Waals surface area contributed by atoms with Crippen molar-refractivity contribution in [2.45, 2.75) is 25.2 Å². The van der Waals surface area contributed by atoms with Crippen molar-refractivity contribution < 1.29 is 14.3 Å². The van der Waals surface area contributed by atoms with Gasteiger partial charge in [0.25, 0.3) is 0 Å². The second-order valence-electron chi connectivity index (χ2n) is 6.64. The van der Waals surface area contributed by atoms with Crippen LogP contribution < -0.4 is 5.32 Å². The summed E-state index contributed by atoms with van der Waals surface area (Å²) in [5.74, 6) is 0.286. The summed E-state index contributed by atoms with van der Waals surface area (Å²) >= 11 is 1.72. The van der Waals surface area contributed by atoms with Crippen LogP contribution in [0.15, 0.2) is 17.5 Å². The monoisotopic (exact) mass is 353 g/mol. The molecule has 0 aromatic carbocycles. The maximum atomic E-state index is 12.6. The van der Waals surface area contributed by atoms with Gasteiger partial charge >= 0.3 is 6.03 Å². The van der Waals surface area contributed by atoms with Gasteiger partial charge in [0, 0.05) is 30.4 Å². The van der Waals surface area contributed by atoms with Crippen LogP contribution in [0.2, 0.25) is 0 Å². The molecular weight excluding hydrogens is 326 g/mol. The van der Waals surface area contributed by atoms with Crippen molar-refractivity contribution in [1.29, 1.82) is 0 Å². The van der Waals surface area contributed by atoms with Crippen molar-refractivity contribution in [3.63, 3.8) is 0 Å². The molecule has 2 aliphatic rings. The molecule has 1 N–H and O–H groups in total. The summed E-state index contributed by atoms with van der Waals surface area (Å²) in [5.41, 5.74) is 0. The standard InChI is InChI=1S/C17H27N3O3S/c1-19(2)14(15-6-4-10-24-15)11-18-17(21)20-7-3-5-13(12-20)16-22-8-9-23-16/h4,6,10,13-14,16H,3,5,7-9,11-12H2,1-2H3,(H,18,21). The Bertz CT molecular complexity index is 517. The van der Waals surface area contributed by atoms with Crippen LogP contribution in [-0.4, -0.2) is 69.1 Å². The minimum atomic E-state index is -0.138. The van der Waals surface area contributed by atoms with Gasteiger partial charge in [0.15, 0.2) is 6.29 Å². The smallest absolute Gasteiger partial charge is 0.317 e. The van der Waals surface area contributed by atoms with Crippen LogP contribution in [0.3, 0.4) is 0 Å². The number of ether oxygens (including phenoxy) is 2. The summed E-state index contributed by atoms with van der Waals surface area (Å²) in [6.07, 6.45) is 1.93. The molecule has 3 heterocycles. The zero-order valence-corrected chi connectivity index (χ0v) is 15.3. The normalized spacial score (nSPS) is 23.6. The number of nitrogens with one attached hydrogen (secondary N) is 1. The highest BCUT2D eigenvalue weighted by molar-refractivity contribution is 7.10. The number of carbonyl (C=O) groups excluding carboxylic acids is 1. The van der Waals surface area contributed by atoms with Crippen molar-refractivity contribution in [2.24, 2.45) is 5.92 Å². The summed E-state index contributed by atoms with van der Waals surface area (Å²) in [4.78, 5) is 17.9. The minimum Gasteiger partial charge on any atom is -0.350 e. The first-order valence-corrected chi connectivity index (χ1v) is 9.49. The number of nitrogens with zero attached hydrogens (tertiary/aromatic N) is 2. The minimum absolute atomic E-state index is 0.0149. The van der Waals surface area contributed by atoms with Crippen LogP contribution in [0, 0.1) is 5.92 Å². The van der Waals surface area contributed by atoms with Crippen molar-refractivity contribution >= 4 is 17.4 Å². The topological polar surface area (TPSA) is 54.0 Å². The van der Waals surface area contributed by atoms with Gasteiger partial charge in [-0.2, -0.15) is 0 Å². The van der Waals surface area contributed by atoms with Gasteiger partial charge in [0.2, 0.25) is 0 Å². The van der Waals surface area contributed by atoms with E-state index < -0.39 is 0 Å². The average Bonchev–Trinajstić information content (AvgIpc) is 3.28. The van der Waals surface area contributed by atoms with Gasteiger partial charge in [-0.25, -0.2) is 4.79 Å². The molecule has 7 heteroatoms. The molecule has 0 radical (unpaired) electrons. The fourth-order valence-corrected chi connectivity index (χ4v) is 4.30. The molecule has 2 amide bonds. The maximum absolute atomic E-state index is 12.6. The van der Waals surface area contributed by atoms with E-state index in [1.54, 1.807) is 11.3 Å². The van der Waals surface area contributed by atoms with E-state index in [2.05, 4.69) is 27.7 Å². The average molecular weight is 353 g/mol. The molecule has 6 nitrogen and oxygen atoms in total. The van der Waals surface area contributed by atoms with Gasteiger partial charge in [-0.1, -0.05) is 6.07 Å². The number of likely N-dealkylation sites (N-methyl/N-ethyl adjacent to an activating group) is 1. The van der Waals surface area contributed by atoms with Gasteiger partial charge in [0.1, 0.15) is 0 Å². The molecular formula is C17H27N3O3S. The molecule has 2 atom stereocenters. The van der Waals surface area contributed by atoms with Crippen molar-refractivity contribution in [3.8, 4) is 0 Å². The Hall–Kier alpha value is -1.15. The molecule has 2 aliphatic heterocycles. The Balaban J connectivity index is 1.52. The summed E-state index contributed by atoms with van der Waals surface area (Å²) in [7, 11) is 4.09. The highest BCUT2D eigenvalue weighted by Gasteiger charge is 2.33. The fraction of sp³-hybridized carbons (Fsp3) is 0.706. The zero-order chi connectivity index (χ0) is 16.9. The van der Waals surface area contributed by atoms with E-state index in [0.29, 0.717) is 26.3 Å². The van der Waals surface area contributed by atoms with Crippen molar-refractivity contribution in [2.75, 3.05) is 46.9 Å². The Labute approximate surface area is 147 Å². The van der Waals surface area contributed by atoms with Crippen LogP contribution >= 0.6 is 11.3 Å². The Kier molecular flexibility index (Phi) is 6.10. The molecule has 134 valence electrons. The van der Waals surface area contributed by atoms with Crippen LogP contribution in [0.4, 0.5) is 4.79 Å². The molecule has 24 heavy (non-hydrogen) atoms. The number of hydrogen-bond donors (Lipinski definition) is 1. The van der Waals surface area contributed by atoms with Crippen molar-refractivity contribution in [3.05, 3.63) is 22.4 Å². The second kappa shape index (κ2) is 8.29. The first-order valence-electron chi connectivity index (χ1n) is 8.61. The lowest BCUT2D eigenvalue weighted by molar-refractivity contribution is -0.0963. The molecule has 1 aromatic rings. The molecule has 0 aliphatic carbocycles. The first-order chi connectivity index (χ1) is 11.6. The lowest BCUT2D eigenvalue weighted by atomic mass is 9.98. The van der Waals surface area contributed by atoms with E-state index in [0.717, 1.165) is 19.4 Å². The quantitative estimate of drug-likeness (QED) is 0.881. The summed E-state index contributed by atoms with van der Waals surface area (Å²) in [6, 6.07) is 4.39. The Morgan fingerprint density at radius 2 is 2.25 bits per heavy atom. The molecule has 0 spiro atoms. The molecule has 2 unspecified atom stereocenters. The van der Waals surface area contributed by atoms with Gasteiger partial charge in [-0.15, -0.1) is 11.3 Å². The Morgan fingerprint density at radius 1 is 1.46 bits per heavy atom. The SMILES string of the molecule is CN(C)C(CNC(=O)N1CCCC(C2OCCO2)C1)c1cccs1. The number of piperidine rings is 1. The summed E-state index contributed by atoms with van der Waals surface area (Å²) in [6.45, 7) is 3.46. The maximum Gasteiger partial charge on any atom is 0.317 e. The lowest BCUT2D eigenvalue weighted by Gasteiger charge is -2.35. The zero-order valence-electron chi connectivity index (χ0n) is 14.4. The van der Waals surface area contributed by atoms with E-state index >= 15 is 0 Å². The third-order valence-electron chi connectivity index (χ3n) is 4.72. The van der Waals surface area contributed by atoms with Crippen LogP contribution in [0.1, 0.15) is 23.8 Å². The predicted octanol–water partition coefficient (Wildman–Crippen LogP) is 2.15. The third-order valence-corrected chi connectivity index (χ3v) is 5.69. The number of hydrogen-bond acceptors (Lipinski definition) is 5. The summed E-state index contributed by atoms with van der Waals surface area (Å²) in [5, 5.41) is 5.18. The van der Waals surface area contributed by atoms with E-state index in [1.807, 2.05) is 19.0 Å². The molecule has 0 saturated carbocycles. The predicted molar refractivity (Wildman–Crippen MR) is 94.1 cm³/mol. The van der Waals surface area contributed by atoms with E-state index in [9.17, 15) is 4.79 Å². The van der Waals surface area contributed by atoms with Crippen LogP contribution in [0.25, 0.3) is 0 Å².